The summed E-state index contributed by atoms with van der Waals surface area (Å²) in [6.07, 6.45) is -1.06. The summed E-state index contributed by atoms with van der Waals surface area (Å²) in [6, 6.07) is 4.37. The van der Waals surface area contributed by atoms with Crippen molar-refractivity contribution in [3.63, 3.8) is 0 Å². The fourth-order valence-electron chi connectivity index (χ4n) is 5.59. The Hall–Kier alpha value is -2.59. The lowest BCUT2D eigenvalue weighted by Gasteiger charge is -2.24. The largest absolute Gasteiger partial charge is 0.416 e. The molecule has 1 aromatic carbocycles. The van der Waals surface area contributed by atoms with Crippen molar-refractivity contribution < 1.29 is 22.8 Å². The number of fused-ring (bicyclic) bond motifs is 1. The number of nitrogens with zero attached hydrogens (tertiary/aromatic N) is 5. The molecular formula is C24H27ClF3N5O2. The van der Waals surface area contributed by atoms with Gasteiger partial charge >= 0.3 is 12.2 Å². The second kappa shape index (κ2) is 9.13. The van der Waals surface area contributed by atoms with Crippen LogP contribution in [0, 0.1) is 11.8 Å². The highest BCUT2D eigenvalue weighted by Gasteiger charge is 2.43. The number of carbonyl (C=O) groups is 2. The summed E-state index contributed by atoms with van der Waals surface area (Å²) in [4.78, 5) is 30.2. The molecule has 3 aliphatic rings. The van der Waals surface area contributed by atoms with Crippen molar-refractivity contribution in [3.8, 4) is 0 Å². The normalized spacial score (nSPS) is 22.8. The summed E-state index contributed by atoms with van der Waals surface area (Å²) >= 11 is 6.01. The van der Waals surface area contributed by atoms with Crippen molar-refractivity contribution in [3.05, 3.63) is 46.2 Å². The fraction of sp³-hybridized carbons (Fsp3) is 0.542. The van der Waals surface area contributed by atoms with Gasteiger partial charge in [-0.2, -0.15) is 23.0 Å². The number of anilines is 1. The van der Waals surface area contributed by atoms with Crippen LogP contribution >= 0.6 is 11.6 Å². The quantitative estimate of drug-likeness (QED) is 0.572. The van der Waals surface area contributed by atoms with Crippen molar-refractivity contribution in [1.29, 1.82) is 0 Å². The van der Waals surface area contributed by atoms with Gasteiger partial charge in [0.05, 0.1) is 16.8 Å². The Kier molecular flexibility index (Phi) is 6.29. The number of carbonyl (C=O) groups excluding carboxylic acids is 2. The summed E-state index contributed by atoms with van der Waals surface area (Å²) < 4.78 is 42.7. The first kappa shape index (κ1) is 24.1. The van der Waals surface area contributed by atoms with Crippen molar-refractivity contribution in [2.24, 2.45) is 11.8 Å². The smallest absolute Gasteiger partial charge is 0.372 e. The van der Waals surface area contributed by atoms with Crippen LogP contribution in [0.5, 0.6) is 0 Å². The molecule has 0 bridgehead atoms. The van der Waals surface area contributed by atoms with E-state index in [-0.39, 0.29) is 46.5 Å². The average Bonchev–Trinajstić information content (AvgIpc) is 3.56. The molecule has 11 heteroatoms. The third-order valence-corrected chi connectivity index (χ3v) is 7.57. The second-order valence-electron chi connectivity index (χ2n) is 9.76. The summed E-state index contributed by atoms with van der Waals surface area (Å²) in [5.41, 5.74) is 0.420. The van der Waals surface area contributed by atoms with E-state index in [2.05, 4.69) is 10.00 Å². The fourth-order valence-corrected chi connectivity index (χ4v) is 5.85. The molecule has 0 radical (unpaired) electrons. The lowest BCUT2D eigenvalue weighted by atomic mass is 10.0. The zero-order chi connectivity index (χ0) is 24.9. The van der Waals surface area contributed by atoms with E-state index < -0.39 is 11.7 Å². The molecule has 0 spiro atoms. The van der Waals surface area contributed by atoms with Gasteiger partial charge in [-0.15, -0.1) is 0 Å². The number of amides is 1. The summed E-state index contributed by atoms with van der Waals surface area (Å²) in [7, 11) is 0. The van der Waals surface area contributed by atoms with Gasteiger partial charge in [0.25, 0.3) is 0 Å². The second-order valence-corrected chi connectivity index (χ2v) is 10.2. The van der Waals surface area contributed by atoms with Gasteiger partial charge in [0.1, 0.15) is 5.69 Å². The number of rotatable bonds is 4. The topological polar surface area (TPSA) is 61.7 Å². The van der Waals surface area contributed by atoms with Gasteiger partial charge in [-0.25, -0.2) is 4.79 Å². The highest BCUT2D eigenvalue weighted by Crippen LogP contribution is 2.38. The zero-order valence-corrected chi connectivity index (χ0v) is 20.1. The molecule has 2 unspecified atom stereocenters. The van der Waals surface area contributed by atoms with Crippen molar-refractivity contribution >= 4 is 29.1 Å². The molecule has 3 saturated heterocycles. The molecule has 35 heavy (non-hydrogen) atoms. The number of alkyl halides is 3. The molecule has 0 saturated carbocycles. The number of ketones is 1. The Labute approximate surface area is 206 Å². The van der Waals surface area contributed by atoms with Gasteiger partial charge in [0.2, 0.25) is 0 Å². The third kappa shape index (κ3) is 4.78. The van der Waals surface area contributed by atoms with E-state index in [4.69, 9.17) is 11.6 Å². The Balaban J connectivity index is 1.24. The summed E-state index contributed by atoms with van der Waals surface area (Å²) in [5, 5.41) is 4.14. The molecule has 0 aliphatic carbocycles. The van der Waals surface area contributed by atoms with Gasteiger partial charge < -0.3 is 9.80 Å². The summed E-state index contributed by atoms with van der Waals surface area (Å²) in [6.45, 7) is 5.38. The number of hydrogen-bond acceptors (Lipinski definition) is 5. The van der Waals surface area contributed by atoms with Crippen molar-refractivity contribution in [2.45, 2.75) is 32.5 Å². The molecule has 2 aromatic rings. The molecule has 4 heterocycles. The third-order valence-electron chi connectivity index (χ3n) is 7.30. The molecule has 7 nitrogen and oxygen atoms in total. The molecule has 0 N–H and O–H groups in total. The maximum atomic E-state index is 13.9. The first-order valence-electron chi connectivity index (χ1n) is 11.8. The number of halogens is 4. The Morgan fingerprint density at radius 1 is 1.09 bits per heavy atom. The Morgan fingerprint density at radius 2 is 1.74 bits per heavy atom. The van der Waals surface area contributed by atoms with Crippen LogP contribution in [0.3, 0.4) is 0 Å². The maximum absolute atomic E-state index is 13.9. The number of likely N-dealkylation sites (tertiary alicyclic amines) is 2. The van der Waals surface area contributed by atoms with Gasteiger partial charge in [0.15, 0.2) is 5.78 Å². The SMILES string of the molecule is CC(=O)c1nn(C(=O)N2CC3CN(Cc4ccc(N5CCCC5)cc4C(F)(F)F)CC3C2)cc1Cl. The number of aromatic nitrogens is 2. The van der Waals surface area contributed by atoms with E-state index in [0.717, 1.165) is 30.6 Å². The van der Waals surface area contributed by atoms with Crippen molar-refractivity contribution in [2.75, 3.05) is 44.2 Å². The van der Waals surface area contributed by atoms with Crippen LogP contribution in [0.25, 0.3) is 0 Å². The monoisotopic (exact) mass is 509 g/mol. The van der Waals surface area contributed by atoms with Gasteiger partial charge in [-0.3, -0.25) is 9.69 Å². The zero-order valence-electron chi connectivity index (χ0n) is 19.4. The molecular weight excluding hydrogens is 483 g/mol. The van der Waals surface area contributed by atoms with Gasteiger partial charge in [-0.05, 0) is 42.4 Å². The lowest BCUT2D eigenvalue weighted by Crippen LogP contribution is -2.36. The Bertz CT molecular complexity index is 1130. The molecule has 1 amide bonds. The van der Waals surface area contributed by atoms with Crippen LogP contribution < -0.4 is 4.90 Å². The van der Waals surface area contributed by atoms with Crippen LogP contribution in [-0.4, -0.2) is 70.7 Å². The van der Waals surface area contributed by atoms with E-state index in [1.165, 1.54) is 19.2 Å². The van der Waals surface area contributed by atoms with E-state index >= 15 is 0 Å². The van der Waals surface area contributed by atoms with Crippen LogP contribution in [0.4, 0.5) is 23.7 Å². The van der Waals surface area contributed by atoms with Crippen LogP contribution in [0.15, 0.2) is 24.4 Å². The van der Waals surface area contributed by atoms with Gasteiger partial charge in [0, 0.05) is 58.4 Å². The Morgan fingerprint density at radius 3 is 2.31 bits per heavy atom. The molecule has 1 aromatic heterocycles. The minimum atomic E-state index is -4.41. The van der Waals surface area contributed by atoms with E-state index in [1.54, 1.807) is 17.0 Å². The summed E-state index contributed by atoms with van der Waals surface area (Å²) in [5.74, 6) is 0.0353. The average molecular weight is 510 g/mol. The van der Waals surface area contributed by atoms with Crippen LogP contribution in [0.2, 0.25) is 5.02 Å². The maximum Gasteiger partial charge on any atom is 0.416 e. The first-order chi connectivity index (χ1) is 16.6. The molecule has 2 atom stereocenters. The standard InChI is InChI=1S/C24H27ClF3N5O2/c1-15(34)22-21(25)14-33(29-22)23(35)32-12-17-10-30(11-18(17)13-32)9-16-4-5-19(31-6-2-3-7-31)8-20(16)24(26,27)28/h4-5,8,14,17-18H,2-3,6-7,9-13H2,1H3. The van der Waals surface area contributed by atoms with E-state index in [1.807, 2.05) is 4.90 Å². The predicted octanol–water partition coefficient (Wildman–Crippen LogP) is 4.39. The van der Waals surface area contributed by atoms with Gasteiger partial charge in [-0.1, -0.05) is 17.7 Å². The van der Waals surface area contributed by atoms with Crippen LogP contribution in [0.1, 0.15) is 41.4 Å². The molecule has 188 valence electrons. The lowest BCUT2D eigenvalue weighted by molar-refractivity contribution is -0.138. The highest BCUT2D eigenvalue weighted by molar-refractivity contribution is 6.33. The number of benzene rings is 1. The molecule has 3 aliphatic heterocycles. The number of Topliss-reactive ketones (excluding diaryl/α,β-unsaturated/α-hetero) is 1. The van der Waals surface area contributed by atoms with E-state index in [9.17, 15) is 22.8 Å². The minimum Gasteiger partial charge on any atom is -0.372 e. The highest BCUT2D eigenvalue weighted by atomic mass is 35.5. The van der Waals surface area contributed by atoms with Crippen molar-refractivity contribution in [1.82, 2.24) is 19.6 Å². The molecule has 5 rings (SSSR count). The van der Waals surface area contributed by atoms with E-state index in [0.29, 0.717) is 31.9 Å². The van der Waals surface area contributed by atoms with Crippen LogP contribution in [-0.2, 0) is 12.7 Å². The first-order valence-corrected chi connectivity index (χ1v) is 12.2. The minimum absolute atomic E-state index is 0.0572. The molecule has 3 fully saturated rings. The predicted molar refractivity (Wildman–Crippen MR) is 125 cm³/mol. The number of hydrogen-bond donors (Lipinski definition) is 0.